The number of rotatable bonds is 2. The fraction of sp³-hybridized carbons (Fsp3) is 0.250. The summed E-state index contributed by atoms with van der Waals surface area (Å²) >= 11 is 0. The van der Waals surface area contributed by atoms with Crippen molar-refractivity contribution in [2.24, 2.45) is 0 Å². The molecule has 1 saturated heterocycles. The second kappa shape index (κ2) is 6.35. The van der Waals surface area contributed by atoms with Crippen molar-refractivity contribution in [2.75, 3.05) is 36.0 Å². The van der Waals surface area contributed by atoms with Gasteiger partial charge in [0.1, 0.15) is 5.52 Å². The van der Waals surface area contributed by atoms with E-state index in [4.69, 9.17) is 20.9 Å². The third-order valence-electron chi connectivity index (χ3n) is 5.08. The van der Waals surface area contributed by atoms with Crippen molar-refractivity contribution in [1.82, 2.24) is 20.3 Å². The van der Waals surface area contributed by atoms with E-state index < -0.39 is 0 Å². The van der Waals surface area contributed by atoms with Gasteiger partial charge >= 0.3 is 0 Å². The van der Waals surface area contributed by atoms with E-state index in [1.165, 1.54) is 0 Å². The number of hydrogen-bond donors (Lipinski definition) is 3. The molecule has 0 saturated carbocycles. The minimum absolute atomic E-state index is 0.168. The van der Waals surface area contributed by atoms with Gasteiger partial charge < -0.3 is 26.1 Å². The topological polar surface area (TPSA) is 119 Å². The second-order valence-electron chi connectivity index (χ2n) is 7.17. The Morgan fingerprint density at radius 1 is 1.00 bits per heavy atom. The minimum atomic E-state index is 0.168. The van der Waals surface area contributed by atoms with Gasteiger partial charge in [-0.2, -0.15) is 4.98 Å². The van der Waals surface area contributed by atoms with Crippen molar-refractivity contribution >= 4 is 39.8 Å². The van der Waals surface area contributed by atoms with Crippen LogP contribution in [-0.4, -0.2) is 40.6 Å². The second-order valence-corrected chi connectivity index (χ2v) is 7.17. The summed E-state index contributed by atoms with van der Waals surface area (Å²) in [6, 6.07) is 12.4. The number of benzene rings is 2. The van der Waals surface area contributed by atoms with Crippen LogP contribution < -0.4 is 21.7 Å². The maximum absolute atomic E-state index is 6.21. The van der Waals surface area contributed by atoms with Gasteiger partial charge in [0.2, 0.25) is 0 Å². The van der Waals surface area contributed by atoms with Crippen LogP contribution in [0.3, 0.4) is 0 Å². The molecule has 0 amide bonds. The maximum Gasteiger partial charge on any atom is 0.292 e. The third-order valence-corrected chi connectivity index (χ3v) is 5.08. The van der Waals surface area contributed by atoms with E-state index in [0.29, 0.717) is 17.4 Å². The van der Waals surface area contributed by atoms with E-state index >= 15 is 0 Å². The summed E-state index contributed by atoms with van der Waals surface area (Å²) in [7, 11) is 0. The number of piperazine rings is 1. The Morgan fingerprint density at radius 2 is 1.79 bits per heavy atom. The lowest BCUT2D eigenvalue weighted by Gasteiger charge is -2.33. The number of hydrogen-bond acceptors (Lipinski definition) is 8. The van der Waals surface area contributed by atoms with Gasteiger partial charge in [-0.3, -0.25) is 0 Å². The zero-order chi connectivity index (χ0) is 19.3. The van der Waals surface area contributed by atoms with E-state index in [1.54, 1.807) is 0 Å². The molecular weight excluding hydrogens is 354 g/mol. The summed E-state index contributed by atoms with van der Waals surface area (Å²) in [4.78, 5) is 15.8. The fourth-order valence-corrected chi connectivity index (χ4v) is 3.72. The highest BCUT2D eigenvalue weighted by molar-refractivity contribution is 5.87. The van der Waals surface area contributed by atoms with Crippen molar-refractivity contribution in [2.45, 2.75) is 13.0 Å². The normalized spacial score (nSPS) is 17.5. The maximum atomic E-state index is 6.21. The lowest BCUT2D eigenvalue weighted by Crippen LogP contribution is -2.49. The van der Waals surface area contributed by atoms with E-state index in [9.17, 15) is 0 Å². The Hall–Kier alpha value is -3.39. The standard InChI is InChI=1S/C20H21N7O/c1-11-10-27(7-6-23-11)19-18(21)24-14-4-2-12(8-15(14)25-19)13-3-5-17-16(9-13)26-20(22)28-17/h2-5,8-9,11,23H,6-7,10H2,1H3,(H2,21,24)(H2,22,26). The first kappa shape index (κ1) is 16.8. The van der Waals surface area contributed by atoms with Crippen LogP contribution >= 0.6 is 0 Å². The monoisotopic (exact) mass is 375 g/mol. The van der Waals surface area contributed by atoms with Crippen molar-refractivity contribution in [3.63, 3.8) is 0 Å². The van der Waals surface area contributed by atoms with Gasteiger partial charge in [0.25, 0.3) is 6.01 Å². The zero-order valence-electron chi connectivity index (χ0n) is 15.5. The molecule has 1 aliphatic rings. The summed E-state index contributed by atoms with van der Waals surface area (Å²) in [5.74, 6) is 1.21. The Balaban J connectivity index is 1.57. The molecule has 5 N–H and O–H groups in total. The minimum Gasteiger partial charge on any atom is -0.424 e. The number of nitrogens with two attached hydrogens (primary N) is 2. The van der Waals surface area contributed by atoms with Gasteiger partial charge in [0.15, 0.2) is 17.2 Å². The number of anilines is 3. The average Bonchev–Trinajstić information content (AvgIpc) is 3.06. The quantitative estimate of drug-likeness (QED) is 0.489. The molecule has 0 radical (unpaired) electrons. The molecule has 2 aromatic heterocycles. The van der Waals surface area contributed by atoms with Crippen molar-refractivity contribution < 1.29 is 4.42 Å². The molecule has 5 rings (SSSR count). The van der Waals surface area contributed by atoms with Crippen LogP contribution in [-0.2, 0) is 0 Å². The molecule has 8 heteroatoms. The molecule has 28 heavy (non-hydrogen) atoms. The van der Waals surface area contributed by atoms with Crippen LogP contribution in [0.5, 0.6) is 0 Å². The summed E-state index contributed by atoms with van der Waals surface area (Å²) in [5, 5.41) is 3.43. The molecule has 0 aliphatic carbocycles. The average molecular weight is 375 g/mol. The van der Waals surface area contributed by atoms with Crippen LogP contribution in [0.15, 0.2) is 40.8 Å². The Morgan fingerprint density at radius 3 is 2.61 bits per heavy atom. The smallest absolute Gasteiger partial charge is 0.292 e. The van der Waals surface area contributed by atoms with Gasteiger partial charge in [-0.25, -0.2) is 9.97 Å². The molecule has 8 nitrogen and oxygen atoms in total. The summed E-state index contributed by atoms with van der Waals surface area (Å²) in [6.07, 6.45) is 0. The molecule has 0 bridgehead atoms. The van der Waals surface area contributed by atoms with E-state index in [-0.39, 0.29) is 6.01 Å². The molecule has 1 fully saturated rings. The third kappa shape index (κ3) is 2.87. The molecule has 0 spiro atoms. The van der Waals surface area contributed by atoms with Gasteiger partial charge in [-0.1, -0.05) is 12.1 Å². The zero-order valence-corrected chi connectivity index (χ0v) is 15.5. The SMILES string of the molecule is CC1CN(c2nc3cc(-c4ccc5oc(N)nc5c4)ccc3nc2N)CCN1. The fourth-order valence-electron chi connectivity index (χ4n) is 3.72. The number of fused-ring (bicyclic) bond motifs is 2. The number of nitrogen functional groups attached to an aromatic ring is 2. The first-order chi connectivity index (χ1) is 13.6. The number of nitrogens with zero attached hydrogens (tertiary/aromatic N) is 4. The van der Waals surface area contributed by atoms with Gasteiger partial charge in [0, 0.05) is 25.7 Å². The van der Waals surface area contributed by atoms with Gasteiger partial charge in [0.05, 0.1) is 11.0 Å². The number of aromatic nitrogens is 3. The Kier molecular flexibility index (Phi) is 3.80. The number of nitrogens with one attached hydrogen (secondary N) is 1. The summed E-state index contributed by atoms with van der Waals surface area (Å²) in [5.41, 5.74) is 16.9. The van der Waals surface area contributed by atoms with Crippen LogP contribution in [0.4, 0.5) is 17.7 Å². The van der Waals surface area contributed by atoms with E-state index in [1.807, 2.05) is 36.4 Å². The molecular formula is C20H21N7O. The highest BCUT2D eigenvalue weighted by Gasteiger charge is 2.20. The summed E-state index contributed by atoms with van der Waals surface area (Å²) < 4.78 is 5.35. The number of oxazole rings is 1. The van der Waals surface area contributed by atoms with Crippen LogP contribution in [0.1, 0.15) is 6.92 Å². The molecule has 1 unspecified atom stereocenters. The van der Waals surface area contributed by atoms with Crippen molar-refractivity contribution in [3.05, 3.63) is 36.4 Å². The van der Waals surface area contributed by atoms with Crippen LogP contribution in [0.2, 0.25) is 0 Å². The molecule has 3 heterocycles. The first-order valence-electron chi connectivity index (χ1n) is 9.29. The molecule has 2 aromatic carbocycles. The summed E-state index contributed by atoms with van der Waals surface area (Å²) in [6.45, 7) is 4.77. The lowest BCUT2D eigenvalue weighted by molar-refractivity contribution is 0.483. The van der Waals surface area contributed by atoms with Crippen LogP contribution in [0.25, 0.3) is 33.3 Å². The molecule has 4 aromatic rings. The largest absolute Gasteiger partial charge is 0.424 e. The predicted molar refractivity (Wildman–Crippen MR) is 111 cm³/mol. The van der Waals surface area contributed by atoms with E-state index in [2.05, 4.69) is 27.1 Å². The highest BCUT2D eigenvalue weighted by Crippen LogP contribution is 2.29. The Labute approximate surface area is 161 Å². The molecule has 142 valence electrons. The van der Waals surface area contributed by atoms with E-state index in [0.717, 1.165) is 53.1 Å². The lowest BCUT2D eigenvalue weighted by atomic mass is 10.0. The first-order valence-corrected chi connectivity index (χ1v) is 9.29. The molecule has 1 aliphatic heterocycles. The molecule has 1 atom stereocenters. The van der Waals surface area contributed by atoms with Gasteiger partial charge in [-0.05, 0) is 42.3 Å². The Bertz CT molecular complexity index is 1190. The highest BCUT2D eigenvalue weighted by atomic mass is 16.4. The van der Waals surface area contributed by atoms with Gasteiger partial charge in [-0.15, -0.1) is 0 Å². The predicted octanol–water partition coefficient (Wildman–Crippen LogP) is 2.40. The van der Waals surface area contributed by atoms with Crippen molar-refractivity contribution in [3.8, 4) is 11.1 Å². The van der Waals surface area contributed by atoms with Crippen LogP contribution in [0, 0.1) is 0 Å². The van der Waals surface area contributed by atoms with Crippen molar-refractivity contribution in [1.29, 1.82) is 0 Å².